The number of nitrogens with zero attached hydrogens (tertiary/aromatic N) is 2. The van der Waals surface area contributed by atoms with Gasteiger partial charge in [-0.25, -0.2) is 4.21 Å². The van der Waals surface area contributed by atoms with Gasteiger partial charge < -0.3 is 0 Å². The van der Waals surface area contributed by atoms with Gasteiger partial charge in [0.05, 0.1) is 16.4 Å². The number of fused-ring (bicyclic) bond motifs is 1. The van der Waals surface area contributed by atoms with Crippen molar-refractivity contribution >= 4 is 22.4 Å². The van der Waals surface area contributed by atoms with Gasteiger partial charge in [-0.2, -0.15) is 0 Å². The van der Waals surface area contributed by atoms with Crippen molar-refractivity contribution in [2.24, 2.45) is 0 Å². The molecule has 2 aromatic carbocycles. The van der Waals surface area contributed by atoms with Gasteiger partial charge in [0.25, 0.3) is 5.69 Å². The highest BCUT2D eigenvalue weighted by Gasteiger charge is 2.28. The Kier molecular flexibility index (Phi) is 2.79. The van der Waals surface area contributed by atoms with E-state index in [-0.39, 0.29) is 5.69 Å². The fourth-order valence-electron chi connectivity index (χ4n) is 2.06. The summed E-state index contributed by atoms with van der Waals surface area (Å²) in [5.41, 5.74) is 1.69. The average Bonchev–Trinajstić information content (AvgIpc) is 2.77. The molecule has 1 atom stereocenters. The second kappa shape index (κ2) is 4.47. The smallest absolute Gasteiger partial charge is 0.270 e. The molecule has 0 bridgehead atoms. The summed E-state index contributed by atoms with van der Waals surface area (Å²) in [4.78, 5) is 10.8. The van der Waals surface area contributed by atoms with Gasteiger partial charge in [0.15, 0.2) is 11.0 Å². The molecule has 0 saturated carbocycles. The van der Waals surface area contributed by atoms with Crippen molar-refractivity contribution in [3.63, 3.8) is 0 Å². The number of rotatable bonds is 2. The molecule has 0 aromatic heterocycles. The highest BCUT2D eigenvalue weighted by molar-refractivity contribution is 7.86. The minimum Gasteiger partial charge on any atom is -0.283 e. The third-order valence-electron chi connectivity index (χ3n) is 3.01. The van der Waals surface area contributed by atoms with E-state index in [0.717, 1.165) is 11.3 Å². The number of nitro groups is 1. The normalized spacial score (nSPS) is 17.3. The van der Waals surface area contributed by atoms with Crippen LogP contribution in [0.1, 0.15) is 5.56 Å². The first-order valence-electron chi connectivity index (χ1n) is 5.68. The fraction of sp³-hybridized carbons (Fsp3) is 0.0769. The van der Waals surface area contributed by atoms with E-state index in [1.165, 1.54) is 12.1 Å². The number of anilines is 1. The van der Waals surface area contributed by atoms with Crippen LogP contribution in [0.15, 0.2) is 53.4 Å². The lowest BCUT2D eigenvalue weighted by Gasteiger charge is -2.15. The number of benzene rings is 2. The highest BCUT2D eigenvalue weighted by Crippen LogP contribution is 2.33. The zero-order chi connectivity index (χ0) is 13.4. The van der Waals surface area contributed by atoms with Gasteiger partial charge >= 0.3 is 0 Å². The van der Waals surface area contributed by atoms with Gasteiger partial charge in [-0.05, 0) is 23.8 Å². The molecule has 0 aliphatic carbocycles. The molecule has 1 aliphatic rings. The van der Waals surface area contributed by atoms with E-state index in [1.54, 1.807) is 10.4 Å². The van der Waals surface area contributed by atoms with Gasteiger partial charge in [0, 0.05) is 17.8 Å². The van der Waals surface area contributed by atoms with E-state index in [0.29, 0.717) is 11.4 Å². The molecule has 1 heterocycles. The van der Waals surface area contributed by atoms with Crippen molar-refractivity contribution in [3.05, 3.63) is 64.2 Å². The second-order valence-corrected chi connectivity index (χ2v) is 5.55. The molecule has 0 spiro atoms. The molecule has 0 amide bonds. The molecule has 5 nitrogen and oxygen atoms in total. The summed E-state index contributed by atoms with van der Waals surface area (Å²) in [5.74, 6) is 0. The van der Waals surface area contributed by atoms with Crippen LogP contribution in [0.25, 0.3) is 0 Å². The molecular formula is C13H10N2O3S. The summed E-state index contributed by atoms with van der Waals surface area (Å²) in [5, 5.41) is 10.8. The molecule has 0 saturated heterocycles. The van der Waals surface area contributed by atoms with E-state index >= 15 is 0 Å². The average molecular weight is 274 g/mol. The zero-order valence-electron chi connectivity index (χ0n) is 9.85. The van der Waals surface area contributed by atoms with Crippen molar-refractivity contribution in [1.29, 1.82) is 0 Å². The molecule has 2 aromatic rings. The lowest BCUT2D eigenvalue weighted by Crippen LogP contribution is -2.17. The molecule has 0 radical (unpaired) electrons. The predicted octanol–water partition coefficient (Wildman–Crippen LogP) is 2.64. The Balaban J connectivity index is 2.01. The molecule has 3 rings (SSSR count). The van der Waals surface area contributed by atoms with Crippen LogP contribution < -0.4 is 4.31 Å². The summed E-state index contributed by atoms with van der Waals surface area (Å²) in [7, 11) is -1.38. The summed E-state index contributed by atoms with van der Waals surface area (Å²) in [6.07, 6.45) is 0. The number of non-ortho nitro benzene ring substituents is 1. The summed E-state index contributed by atoms with van der Waals surface area (Å²) in [6, 6.07) is 13.9. The monoisotopic (exact) mass is 274 g/mol. The molecule has 1 aliphatic heterocycles. The first-order chi connectivity index (χ1) is 9.16. The van der Waals surface area contributed by atoms with Crippen LogP contribution in [0, 0.1) is 10.1 Å². The summed E-state index contributed by atoms with van der Waals surface area (Å²) in [6.45, 7) is 0.504. The molecule has 19 heavy (non-hydrogen) atoms. The van der Waals surface area contributed by atoms with Crippen molar-refractivity contribution in [1.82, 2.24) is 0 Å². The zero-order valence-corrected chi connectivity index (χ0v) is 10.7. The van der Waals surface area contributed by atoms with E-state index in [2.05, 4.69) is 0 Å². The predicted molar refractivity (Wildman–Crippen MR) is 72.1 cm³/mol. The second-order valence-electron chi connectivity index (χ2n) is 4.17. The first kappa shape index (κ1) is 11.9. The topological polar surface area (TPSA) is 63.5 Å². The number of nitro benzene ring substituents is 1. The summed E-state index contributed by atoms with van der Waals surface area (Å²) < 4.78 is 14.1. The molecule has 0 N–H and O–H groups in total. The van der Waals surface area contributed by atoms with Crippen LogP contribution in [-0.2, 0) is 17.5 Å². The molecule has 1 unspecified atom stereocenters. The van der Waals surface area contributed by atoms with Crippen LogP contribution in [0.5, 0.6) is 0 Å². The van der Waals surface area contributed by atoms with Gasteiger partial charge in [0.2, 0.25) is 0 Å². The number of hydrogen-bond acceptors (Lipinski definition) is 3. The Bertz CT molecular complexity index is 673. The van der Waals surface area contributed by atoms with Crippen LogP contribution in [0.3, 0.4) is 0 Å². The Labute approximate surface area is 112 Å². The van der Waals surface area contributed by atoms with E-state index in [9.17, 15) is 14.3 Å². The third kappa shape index (κ3) is 2.00. The quantitative estimate of drug-likeness (QED) is 0.624. The SMILES string of the molecule is O=[N+]([O-])c1ccc2c(c1)S(=O)N(c1ccccc1)C2. The van der Waals surface area contributed by atoms with Crippen molar-refractivity contribution in [2.75, 3.05) is 4.31 Å². The van der Waals surface area contributed by atoms with Crippen LogP contribution >= 0.6 is 0 Å². The number of hydrogen-bond donors (Lipinski definition) is 0. The maximum absolute atomic E-state index is 12.4. The van der Waals surface area contributed by atoms with Gasteiger partial charge in [-0.1, -0.05) is 18.2 Å². The molecule has 96 valence electrons. The minimum absolute atomic E-state index is 0.0259. The van der Waals surface area contributed by atoms with Crippen molar-refractivity contribution in [3.8, 4) is 0 Å². The van der Waals surface area contributed by atoms with Crippen LogP contribution in [0.4, 0.5) is 11.4 Å². The lowest BCUT2D eigenvalue weighted by molar-refractivity contribution is -0.385. The Morgan fingerprint density at radius 1 is 1.16 bits per heavy atom. The lowest BCUT2D eigenvalue weighted by atomic mass is 10.2. The fourth-order valence-corrected chi connectivity index (χ4v) is 3.45. The van der Waals surface area contributed by atoms with Crippen LogP contribution in [-0.4, -0.2) is 9.13 Å². The molecule has 6 heteroatoms. The third-order valence-corrected chi connectivity index (χ3v) is 4.50. The minimum atomic E-state index is -1.38. The van der Waals surface area contributed by atoms with Gasteiger partial charge in [-0.15, -0.1) is 0 Å². The van der Waals surface area contributed by atoms with Gasteiger partial charge in [0.1, 0.15) is 0 Å². The Morgan fingerprint density at radius 2 is 1.89 bits per heavy atom. The maximum Gasteiger partial charge on any atom is 0.270 e. The van der Waals surface area contributed by atoms with E-state index in [1.807, 2.05) is 30.3 Å². The summed E-state index contributed by atoms with van der Waals surface area (Å²) >= 11 is 0. The largest absolute Gasteiger partial charge is 0.283 e. The Morgan fingerprint density at radius 3 is 2.58 bits per heavy atom. The Hall–Kier alpha value is -2.21. The van der Waals surface area contributed by atoms with Gasteiger partial charge in [-0.3, -0.25) is 14.4 Å². The van der Waals surface area contributed by atoms with Crippen molar-refractivity contribution in [2.45, 2.75) is 11.4 Å². The van der Waals surface area contributed by atoms with Crippen LogP contribution in [0.2, 0.25) is 0 Å². The van der Waals surface area contributed by atoms with Crippen molar-refractivity contribution < 1.29 is 9.13 Å². The van der Waals surface area contributed by atoms with E-state index < -0.39 is 15.9 Å². The maximum atomic E-state index is 12.4. The van der Waals surface area contributed by atoms with E-state index in [4.69, 9.17) is 0 Å². The first-order valence-corrected chi connectivity index (χ1v) is 6.79. The standard InChI is InChI=1S/C13H10N2O3S/c16-15(17)12-7-6-10-9-14(19(18)13(10)8-12)11-4-2-1-3-5-11/h1-8H,9H2. The number of para-hydroxylation sites is 1. The molecule has 0 fully saturated rings. The molecular weight excluding hydrogens is 264 g/mol. The highest BCUT2D eigenvalue weighted by atomic mass is 32.2.